The molecule has 0 saturated carbocycles. The maximum atomic E-state index is 3.44. The zero-order chi connectivity index (χ0) is 6.53. The number of hydrogen-bond donors (Lipinski definition) is 1. The fraction of sp³-hybridized carbons (Fsp3) is 0.333. The molecule has 48 valence electrons. The van der Waals surface area contributed by atoms with Crippen LogP contribution < -0.4 is 4.30 Å². The highest BCUT2D eigenvalue weighted by atomic mass is 127. The summed E-state index contributed by atoms with van der Waals surface area (Å²) in [4.78, 5) is 0. The highest BCUT2D eigenvalue weighted by Gasteiger charge is 1.99. The predicted molar refractivity (Wildman–Crippen MR) is 51.0 cm³/mol. The van der Waals surface area contributed by atoms with Gasteiger partial charge in [-0.05, 0) is 6.42 Å². The Balaban J connectivity index is 2.31. The van der Waals surface area contributed by atoms with Crippen molar-refractivity contribution in [3.05, 3.63) is 24.3 Å². The van der Waals surface area contributed by atoms with Gasteiger partial charge in [0.2, 0.25) is 0 Å². The van der Waals surface area contributed by atoms with Gasteiger partial charge in [0, 0.05) is 6.04 Å². The second-order valence-electron chi connectivity index (χ2n) is 1.96. The molecule has 3 heteroatoms. The van der Waals surface area contributed by atoms with Crippen LogP contribution in [0.5, 0.6) is 0 Å². The van der Waals surface area contributed by atoms with Gasteiger partial charge in [-0.25, -0.2) is 0 Å². The lowest BCUT2D eigenvalue weighted by atomic mass is 10.1. The van der Waals surface area contributed by atoms with E-state index in [1.54, 1.807) is 0 Å². The molecule has 0 heterocycles. The van der Waals surface area contributed by atoms with Crippen molar-refractivity contribution in [3.8, 4) is 0 Å². The SMILES string of the molecule is [I][AlH][NH]C1C=CCC=C1. The van der Waals surface area contributed by atoms with Gasteiger partial charge in [-0.3, -0.25) is 0 Å². The van der Waals surface area contributed by atoms with E-state index in [-0.39, 0.29) is 12.2 Å². The molecule has 0 atom stereocenters. The first-order chi connectivity index (χ1) is 4.43. The van der Waals surface area contributed by atoms with Crippen LogP contribution in [0.15, 0.2) is 24.3 Å². The Kier molecular flexibility index (Phi) is 3.91. The van der Waals surface area contributed by atoms with Crippen LogP contribution in [0.2, 0.25) is 0 Å². The molecule has 0 aromatic heterocycles. The summed E-state index contributed by atoms with van der Waals surface area (Å²) in [5.41, 5.74) is 0. The Bertz CT molecular complexity index is 121. The van der Waals surface area contributed by atoms with Gasteiger partial charge in [-0.2, -0.15) is 20.3 Å². The average molecular weight is 249 g/mol. The van der Waals surface area contributed by atoms with Gasteiger partial charge in [-0.15, -0.1) is 0 Å². The monoisotopic (exact) mass is 249 g/mol. The number of hydrogen-bond acceptors (Lipinski definition) is 1. The molecule has 9 heavy (non-hydrogen) atoms. The summed E-state index contributed by atoms with van der Waals surface area (Å²) in [5.74, 6) is 0. The third-order valence-corrected chi connectivity index (χ3v) is 3.22. The summed E-state index contributed by atoms with van der Waals surface area (Å²) in [5, 5.41) is 0. The molecule has 0 bridgehead atoms. The zero-order valence-electron chi connectivity index (χ0n) is 5.18. The van der Waals surface area contributed by atoms with Crippen molar-refractivity contribution in [2.75, 3.05) is 0 Å². The molecule has 1 rings (SSSR count). The Morgan fingerprint density at radius 2 is 2.11 bits per heavy atom. The molecule has 1 aliphatic carbocycles. The lowest BCUT2D eigenvalue weighted by molar-refractivity contribution is 0.901. The summed E-state index contributed by atoms with van der Waals surface area (Å²) < 4.78 is 3.44. The predicted octanol–water partition coefficient (Wildman–Crippen LogP) is 1.16. The van der Waals surface area contributed by atoms with Crippen molar-refractivity contribution in [1.29, 1.82) is 0 Å². The minimum atomic E-state index is -0.0134. The quantitative estimate of drug-likeness (QED) is 0.440. The Morgan fingerprint density at radius 3 is 2.67 bits per heavy atom. The van der Waals surface area contributed by atoms with Crippen molar-refractivity contribution in [3.63, 3.8) is 0 Å². The molecule has 1 nitrogen and oxygen atoms in total. The van der Waals surface area contributed by atoms with Crippen molar-refractivity contribution < 1.29 is 0 Å². The summed E-state index contributed by atoms with van der Waals surface area (Å²) >= 11 is 2.44. The van der Waals surface area contributed by atoms with Crippen LogP contribution in [0.4, 0.5) is 0 Å². The maximum absolute atomic E-state index is 3.44. The average Bonchev–Trinajstić information content (AvgIpc) is 1.91. The first kappa shape index (κ1) is 7.81. The van der Waals surface area contributed by atoms with E-state index in [0.717, 1.165) is 6.42 Å². The molecular formula is C6H9AlIN. The van der Waals surface area contributed by atoms with Crippen LogP contribution in [0, 0.1) is 0 Å². The summed E-state index contributed by atoms with van der Waals surface area (Å²) in [6.07, 6.45) is 9.98. The van der Waals surface area contributed by atoms with Gasteiger partial charge in [0.1, 0.15) is 0 Å². The third kappa shape index (κ3) is 2.85. The van der Waals surface area contributed by atoms with Gasteiger partial charge in [0.15, 0.2) is 0 Å². The van der Waals surface area contributed by atoms with Crippen LogP contribution in [0.3, 0.4) is 0 Å². The van der Waals surface area contributed by atoms with Crippen LogP contribution in [0.1, 0.15) is 6.42 Å². The minimum Gasteiger partial charge on any atom is -0.384 e. The second kappa shape index (κ2) is 4.51. The standard InChI is InChI=1S/C6H8N.Al.HI.H/c7-6-4-2-1-3-5-6;;;/h2-7H,1H2;;1H;/q-1;+2;;/p-1. The van der Waals surface area contributed by atoms with Crippen molar-refractivity contribution in [1.82, 2.24) is 4.30 Å². The van der Waals surface area contributed by atoms with E-state index >= 15 is 0 Å². The van der Waals surface area contributed by atoms with Gasteiger partial charge in [0.05, 0.1) is 0 Å². The summed E-state index contributed by atoms with van der Waals surface area (Å²) in [7, 11) is 0. The number of halogens is 1. The maximum Gasteiger partial charge on any atom is 0.438 e. The van der Waals surface area contributed by atoms with Crippen LogP contribution in [0.25, 0.3) is 0 Å². The normalized spacial score (nSPS) is 18.3. The first-order valence-corrected chi connectivity index (χ1v) is 8.88. The summed E-state index contributed by atoms with van der Waals surface area (Å²) in [6.45, 7) is 0. The number of allylic oxidation sites excluding steroid dienone is 2. The fourth-order valence-corrected chi connectivity index (χ4v) is 2.79. The molecule has 0 saturated heterocycles. The fourth-order valence-electron chi connectivity index (χ4n) is 0.818. The van der Waals surface area contributed by atoms with Crippen molar-refractivity contribution >= 4 is 32.4 Å². The Morgan fingerprint density at radius 1 is 1.44 bits per heavy atom. The van der Waals surface area contributed by atoms with E-state index < -0.39 is 0 Å². The van der Waals surface area contributed by atoms with E-state index in [4.69, 9.17) is 0 Å². The number of nitrogens with one attached hydrogen (secondary N) is 1. The lowest BCUT2D eigenvalue weighted by Gasteiger charge is -2.09. The van der Waals surface area contributed by atoms with Crippen LogP contribution in [-0.2, 0) is 0 Å². The molecule has 0 fully saturated rings. The molecule has 0 aromatic carbocycles. The van der Waals surface area contributed by atoms with Gasteiger partial charge < -0.3 is 4.30 Å². The van der Waals surface area contributed by atoms with E-state index in [1.807, 2.05) is 0 Å². The molecule has 0 spiro atoms. The van der Waals surface area contributed by atoms with Crippen molar-refractivity contribution in [2.24, 2.45) is 0 Å². The molecule has 1 aliphatic rings. The van der Waals surface area contributed by atoms with Crippen molar-refractivity contribution in [2.45, 2.75) is 12.5 Å². The van der Waals surface area contributed by atoms with Gasteiger partial charge >= 0.3 is 12.2 Å². The number of rotatable bonds is 2. The molecule has 0 amide bonds. The molecule has 1 N–H and O–H groups in total. The Labute approximate surface area is 73.2 Å². The lowest BCUT2D eigenvalue weighted by Crippen LogP contribution is -2.26. The summed E-state index contributed by atoms with van der Waals surface area (Å²) in [6, 6.07) is 0.544. The molecule has 0 unspecified atom stereocenters. The van der Waals surface area contributed by atoms with E-state index in [9.17, 15) is 0 Å². The van der Waals surface area contributed by atoms with Gasteiger partial charge in [-0.1, -0.05) is 24.3 Å². The molecule has 0 radical (unpaired) electrons. The second-order valence-corrected chi connectivity index (χ2v) is 4.92. The van der Waals surface area contributed by atoms with E-state index in [2.05, 4.69) is 48.9 Å². The smallest absolute Gasteiger partial charge is 0.384 e. The molecule has 0 aromatic rings. The molecular weight excluding hydrogens is 240 g/mol. The van der Waals surface area contributed by atoms with E-state index in [0.29, 0.717) is 6.04 Å². The first-order valence-electron chi connectivity index (χ1n) is 3.06. The highest BCUT2D eigenvalue weighted by molar-refractivity contribution is 14.1. The van der Waals surface area contributed by atoms with Gasteiger partial charge in [0.25, 0.3) is 0 Å². The minimum absolute atomic E-state index is 0.0134. The zero-order valence-corrected chi connectivity index (χ0v) is 8.75. The molecule has 0 aliphatic heterocycles. The van der Waals surface area contributed by atoms with Crippen LogP contribution in [-0.4, -0.2) is 18.2 Å². The highest BCUT2D eigenvalue weighted by Crippen LogP contribution is 2.00. The van der Waals surface area contributed by atoms with Crippen LogP contribution >= 0.6 is 20.3 Å². The largest absolute Gasteiger partial charge is 0.438 e. The van der Waals surface area contributed by atoms with E-state index in [1.165, 1.54) is 0 Å². The topological polar surface area (TPSA) is 12.0 Å². The Hall–Kier alpha value is 0.702. The third-order valence-electron chi connectivity index (χ3n) is 1.27.